The van der Waals surface area contributed by atoms with Crippen molar-refractivity contribution < 1.29 is 0 Å². The van der Waals surface area contributed by atoms with Crippen LogP contribution in [-0.2, 0) is 0 Å². The maximum absolute atomic E-state index is 3.30. The van der Waals surface area contributed by atoms with Crippen LogP contribution in [-0.4, -0.2) is 13.6 Å². The van der Waals surface area contributed by atoms with E-state index >= 15 is 0 Å². The van der Waals surface area contributed by atoms with Gasteiger partial charge in [0.05, 0.1) is 0 Å². The van der Waals surface area contributed by atoms with Gasteiger partial charge in [0.15, 0.2) is 0 Å². The zero-order valence-corrected chi connectivity index (χ0v) is 8.89. The summed E-state index contributed by atoms with van der Waals surface area (Å²) < 4.78 is 0. The van der Waals surface area contributed by atoms with Crippen molar-refractivity contribution in [3.8, 4) is 0 Å². The molecule has 2 saturated carbocycles. The molecule has 0 aliphatic heterocycles. The molecule has 2 atom stereocenters. The van der Waals surface area contributed by atoms with Crippen molar-refractivity contribution >= 4 is 0 Å². The molecule has 2 unspecified atom stereocenters. The monoisotopic (exact) mass is 181 g/mol. The maximum atomic E-state index is 3.30. The maximum Gasteiger partial charge on any atom is -0.00208 e. The normalized spacial score (nSPS) is 34.8. The summed E-state index contributed by atoms with van der Waals surface area (Å²) in [6, 6.07) is 0. The summed E-state index contributed by atoms with van der Waals surface area (Å²) in [5.74, 6) is 3.23. The molecule has 1 heteroatoms. The minimum Gasteiger partial charge on any atom is -0.319 e. The van der Waals surface area contributed by atoms with Crippen LogP contribution < -0.4 is 5.32 Å². The average molecular weight is 181 g/mol. The zero-order valence-electron chi connectivity index (χ0n) is 8.89. The zero-order chi connectivity index (χ0) is 9.10. The Bertz CT molecular complexity index is 149. The van der Waals surface area contributed by atoms with Crippen LogP contribution in [0.4, 0.5) is 0 Å². The highest BCUT2D eigenvalue weighted by molar-refractivity contribution is 4.89. The molecule has 2 aliphatic rings. The highest BCUT2D eigenvalue weighted by Crippen LogP contribution is 2.45. The van der Waals surface area contributed by atoms with Gasteiger partial charge >= 0.3 is 0 Å². The predicted octanol–water partition coefficient (Wildman–Crippen LogP) is 2.81. The molecule has 1 nitrogen and oxygen atoms in total. The Morgan fingerprint density at radius 3 is 2.54 bits per heavy atom. The van der Waals surface area contributed by atoms with Gasteiger partial charge in [-0.25, -0.2) is 0 Å². The van der Waals surface area contributed by atoms with E-state index in [9.17, 15) is 0 Å². The largest absolute Gasteiger partial charge is 0.319 e. The van der Waals surface area contributed by atoms with Crippen LogP contribution in [0.5, 0.6) is 0 Å². The highest BCUT2D eigenvalue weighted by atomic mass is 14.8. The first-order chi connectivity index (χ1) is 6.40. The summed E-state index contributed by atoms with van der Waals surface area (Å²) in [6.45, 7) is 1.26. The Labute approximate surface area is 82.3 Å². The van der Waals surface area contributed by atoms with E-state index < -0.39 is 0 Å². The Kier molecular flexibility index (Phi) is 3.26. The van der Waals surface area contributed by atoms with E-state index in [0.717, 1.165) is 17.8 Å². The van der Waals surface area contributed by atoms with Crippen molar-refractivity contribution in [3.05, 3.63) is 0 Å². The molecule has 76 valence electrons. The first kappa shape index (κ1) is 9.51. The van der Waals surface area contributed by atoms with E-state index in [4.69, 9.17) is 0 Å². The molecule has 0 saturated heterocycles. The van der Waals surface area contributed by atoms with E-state index in [1.165, 1.54) is 45.1 Å². The lowest BCUT2D eigenvalue weighted by Gasteiger charge is -2.21. The molecular weight excluding hydrogens is 158 g/mol. The van der Waals surface area contributed by atoms with Crippen LogP contribution in [0.1, 0.15) is 44.9 Å². The van der Waals surface area contributed by atoms with E-state index in [-0.39, 0.29) is 0 Å². The number of nitrogens with one attached hydrogen (secondary N) is 1. The number of hydrogen-bond acceptors (Lipinski definition) is 1. The third kappa shape index (κ3) is 2.70. The van der Waals surface area contributed by atoms with Crippen molar-refractivity contribution in [2.45, 2.75) is 44.9 Å². The Balaban J connectivity index is 1.62. The van der Waals surface area contributed by atoms with Gasteiger partial charge in [-0.05, 0) is 44.2 Å². The fraction of sp³-hybridized carbons (Fsp3) is 1.00. The molecule has 1 N–H and O–H groups in total. The summed E-state index contributed by atoms with van der Waals surface area (Å²) in [5, 5.41) is 3.30. The molecule has 2 aliphatic carbocycles. The van der Waals surface area contributed by atoms with Gasteiger partial charge in [-0.2, -0.15) is 0 Å². The molecule has 2 fully saturated rings. The van der Waals surface area contributed by atoms with Crippen molar-refractivity contribution in [3.63, 3.8) is 0 Å². The molecule has 0 bridgehead atoms. The summed E-state index contributed by atoms with van der Waals surface area (Å²) >= 11 is 0. The summed E-state index contributed by atoms with van der Waals surface area (Å²) in [5.41, 5.74) is 0. The van der Waals surface area contributed by atoms with Gasteiger partial charge in [-0.15, -0.1) is 0 Å². The van der Waals surface area contributed by atoms with Crippen molar-refractivity contribution in [1.82, 2.24) is 5.32 Å². The summed E-state index contributed by atoms with van der Waals surface area (Å²) in [7, 11) is 2.08. The third-order valence-electron chi connectivity index (χ3n) is 3.90. The summed E-state index contributed by atoms with van der Waals surface area (Å²) in [4.78, 5) is 0. The Hall–Kier alpha value is -0.0400. The van der Waals surface area contributed by atoms with Gasteiger partial charge in [-0.1, -0.05) is 32.1 Å². The van der Waals surface area contributed by atoms with Gasteiger partial charge in [0.25, 0.3) is 0 Å². The van der Waals surface area contributed by atoms with Gasteiger partial charge in [0.2, 0.25) is 0 Å². The molecule has 0 aromatic carbocycles. The van der Waals surface area contributed by atoms with Crippen LogP contribution in [0.15, 0.2) is 0 Å². The van der Waals surface area contributed by atoms with Crippen LogP contribution in [0, 0.1) is 17.8 Å². The fourth-order valence-electron chi connectivity index (χ4n) is 2.96. The highest BCUT2D eigenvalue weighted by Gasteiger charge is 2.37. The van der Waals surface area contributed by atoms with Gasteiger partial charge < -0.3 is 5.32 Å². The van der Waals surface area contributed by atoms with Gasteiger partial charge in [-0.3, -0.25) is 0 Å². The Morgan fingerprint density at radius 1 is 1.08 bits per heavy atom. The first-order valence-corrected chi connectivity index (χ1v) is 6.04. The first-order valence-electron chi connectivity index (χ1n) is 6.04. The predicted molar refractivity (Wildman–Crippen MR) is 56.7 cm³/mol. The van der Waals surface area contributed by atoms with Crippen LogP contribution in [0.2, 0.25) is 0 Å². The lowest BCUT2D eigenvalue weighted by molar-refractivity contribution is 0.319. The molecule has 0 amide bonds. The molecule has 0 heterocycles. The topological polar surface area (TPSA) is 12.0 Å². The summed E-state index contributed by atoms with van der Waals surface area (Å²) in [6.07, 6.45) is 10.6. The van der Waals surface area contributed by atoms with Gasteiger partial charge in [0.1, 0.15) is 0 Å². The van der Waals surface area contributed by atoms with Gasteiger partial charge in [0, 0.05) is 0 Å². The molecule has 0 spiro atoms. The lowest BCUT2D eigenvalue weighted by Crippen LogP contribution is -2.12. The van der Waals surface area contributed by atoms with E-state index in [1.807, 2.05) is 0 Å². The minimum atomic E-state index is 1.03. The van der Waals surface area contributed by atoms with Crippen LogP contribution in [0.3, 0.4) is 0 Å². The molecule has 13 heavy (non-hydrogen) atoms. The molecular formula is C12H23N. The second-order valence-electron chi connectivity index (χ2n) is 5.05. The molecule has 2 rings (SSSR count). The van der Waals surface area contributed by atoms with E-state index in [0.29, 0.717) is 0 Å². The lowest BCUT2D eigenvalue weighted by atomic mass is 9.85. The van der Waals surface area contributed by atoms with E-state index in [2.05, 4.69) is 12.4 Å². The smallest absolute Gasteiger partial charge is 0.00208 e. The third-order valence-corrected chi connectivity index (χ3v) is 3.90. The number of hydrogen-bond donors (Lipinski definition) is 1. The fourth-order valence-corrected chi connectivity index (χ4v) is 2.96. The van der Waals surface area contributed by atoms with Crippen LogP contribution in [0.25, 0.3) is 0 Å². The van der Waals surface area contributed by atoms with Crippen molar-refractivity contribution in [2.24, 2.45) is 17.8 Å². The Morgan fingerprint density at radius 2 is 1.85 bits per heavy atom. The second kappa shape index (κ2) is 4.45. The van der Waals surface area contributed by atoms with E-state index in [1.54, 1.807) is 6.42 Å². The number of rotatable bonds is 4. The SMILES string of the molecule is CNCC1CC1CC1CCCCC1. The molecule has 0 radical (unpaired) electrons. The van der Waals surface area contributed by atoms with Crippen LogP contribution >= 0.6 is 0 Å². The van der Waals surface area contributed by atoms with Crippen molar-refractivity contribution in [2.75, 3.05) is 13.6 Å². The standard InChI is InChI=1S/C12H23N/c1-13-9-12-8-11(12)7-10-5-3-2-4-6-10/h10-13H,2-9H2,1H3. The quantitative estimate of drug-likeness (QED) is 0.703. The van der Waals surface area contributed by atoms with Crippen molar-refractivity contribution in [1.29, 1.82) is 0 Å². The molecule has 0 aromatic heterocycles. The molecule has 0 aromatic rings. The minimum absolute atomic E-state index is 1.03. The average Bonchev–Trinajstić information content (AvgIpc) is 2.86. The second-order valence-corrected chi connectivity index (χ2v) is 5.05.